The summed E-state index contributed by atoms with van der Waals surface area (Å²) in [5.74, 6) is 0. The molecule has 1 heterocycles. The lowest BCUT2D eigenvalue weighted by molar-refractivity contribution is 0.660. The minimum absolute atomic E-state index is 0.140. The highest BCUT2D eigenvalue weighted by molar-refractivity contribution is 7.19. The Labute approximate surface area is 245 Å². The van der Waals surface area contributed by atoms with Crippen molar-refractivity contribution in [3.63, 3.8) is 0 Å². The van der Waals surface area contributed by atoms with Gasteiger partial charge >= 0.3 is 0 Å². The van der Waals surface area contributed by atoms with Gasteiger partial charge in [-0.25, -0.2) is 0 Å². The molecule has 0 atom stereocenters. The van der Waals surface area contributed by atoms with Gasteiger partial charge in [-0.3, -0.25) is 0 Å². The largest absolute Gasteiger partial charge is 0.302 e. The van der Waals surface area contributed by atoms with Crippen LogP contribution in [0.25, 0.3) is 32.7 Å². The Balaban J connectivity index is 1.38. The van der Waals surface area contributed by atoms with Gasteiger partial charge in [-0.2, -0.15) is 0 Å². The van der Waals surface area contributed by atoms with Crippen LogP contribution in [0.5, 0.6) is 0 Å². The number of benzene rings is 5. The number of fused-ring (bicyclic) bond motifs is 3. The van der Waals surface area contributed by atoms with Gasteiger partial charge in [0.15, 0.2) is 0 Å². The van der Waals surface area contributed by atoms with E-state index in [1.807, 2.05) is 0 Å². The Morgan fingerprint density at radius 2 is 1.20 bits per heavy atom. The van der Waals surface area contributed by atoms with Gasteiger partial charge < -0.3 is 4.90 Å². The maximum absolute atomic E-state index is 7.13. The Kier molecular flexibility index (Phi) is 6.11. The summed E-state index contributed by atoms with van der Waals surface area (Å²) in [6.45, 7) is 4.60. The van der Waals surface area contributed by atoms with Gasteiger partial charge in [-0.05, 0) is 69.8 Å². The highest BCUT2D eigenvalue weighted by Gasteiger charge is 2.37. The molecule has 1 aliphatic rings. The molecule has 0 unspecified atom stereocenters. The van der Waals surface area contributed by atoms with Crippen molar-refractivity contribution in [2.75, 3.05) is 4.90 Å². The molecule has 0 saturated carbocycles. The molecule has 0 saturated heterocycles. The van der Waals surface area contributed by atoms with Gasteiger partial charge in [0.25, 0.3) is 0 Å². The lowest BCUT2D eigenvalue weighted by Crippen LogP contribution is -2.16. The summed E-state index contributed by atoms with van der Waals surface area (Å²) in [7, 11) is 0. The molecular formula is C37H28ClNS. The third-order valence-electron chi connectivity index (χ3n) is 7.98. The SMILES string of the molecule is CC1(C)c2ccccc2-c2c(Cl)cc(N(c3ccc(-c4ccccc4)cc3)c3ccc(-c4ccccc4)s3)cc21. The average Bonchev–Trinajstić information content (AvgIpc) is 3.56. The van der Waals surface area contributed by atoms with Crippen LogP contribution in [0.4, 0.5) is 16.4 Å². The van der Waals surface area contributed by atoms with Crippen molar-refractivity contribution < 1.29 is 0 Å². The van der Waals surface area contributed by atoms with E-state index in [-0.39, 0.29) is 5.41 Å². The molecule has 0 amide bonds. The molecule has 1 aliphatic carbocycles. The van der Waals surface area contributed by atoms with E-state index in [1.54, 1.807) is 11.3 Å². The second-order valence-electron chi connectivity index (χ2n) is 10.8. The van der Waals surface area contributed by atoms with Gasteiger partial charge in [-0.1, -0.05) is 123 Å². The van der Waals surface area contributed by atoms with Gasteiger partial charge in [0.05, 0.1) is 5.02 Å². The predicted octanol–water partition coefficient (Wildman–Crippen LogP) is 11.5. The second-order valence-corrected chi connectivity index (χ2v) is 12.2. The number of hydrogen-bond donors (Lipinski definition) is 0. The Morgan fingerprint density at radius 3 is 1.93 bits per heavy atom. The van der Waals surface area contributed by atoms with Crippen molar-refractivity contribution in [2.24, 2.45) is 0 Å². The van der Waals surface area contributed by atoms with E-state index in [0.29, 0.717) is 0 Å². The highest BCUT2D eigenvalue weighted by Crippen LogP contribution is 2.54. The minimum Gasteiger partial charge on any atom is -0.302 e. The van der Waals surface area contributed by atoms with Crippen LogP contribution < -0.4 is 4.90 Å². The van der Waals surface area contributed by atoms with Gasteiger partial charge in [0.2, 0.25) is 0 Å². The zero-order valence-electron chi connectivity index (χ0n) is 22.4. The molecular weight excluding hydrogens is 526 g/mol. The van der Waals surface area contributed by atoms with Gasteiger partial charge in [-0.15, -0.1) is 11.3 Å². The number of rotatable bonds is 5. The highest BCUT2D eigenvalue weighted by atomic mass is 35.5. The third kappa shape index (κ3) is 4.16. The molecule has 0 radical (unpaired) electrons. The van der Waals surface area contributed by atoms with Crippen molar-refractivity contribution in [1.29, 1.82) is 0 Å². The molecule has 40 heavy (non-hydrogen) atoms. The van der Waals surface area contributed by atoms with Crippen LogP contribution in [0.3, 0.4) is 0 Å². The van der Waals surface area contributed by atoms with E-state index in [1.165, 1.54) is 38.3 Å². The number of nitrogens with zero attached hydrogens (tertiary/aromatic N) is 1. The fraction of sp³-hybridized carbons (Fsp3) is 0.0811. The zero-order valence-corrected chi connectivity index (χ0v) is 24.0. The second kappa shape index (κ2) is 9.82. The van der Waals surface area contributed by atoms with Crippen LogP contribution in [0.2, 0.25) is 5.02 Å². The molecule has 5 aromatic carbocycles. The summed E-state index contributed by atoms with van der Waals surface area (Å²) < 4.78 is 0. The monoisotopic (exact) mass is 553 g/mol. The van der Waals surface area contributed by atoms with E-state index < -0.39 is 0 Å². The first-order valence-corrected chi connectivity index (χ1v) is 14.7. The molecule has 0 aliphatic heterocycles. The molecule has 194 valence electrons. The molecule has 0 spiro atoms. The molecule has 0 N–H and O–H groups in total. The average molecular weight is 554 g/mol. The van der Waals surface area contributed by atoms with E-state index >= 15 is 0 Å². The lowest BCUT2D eigenvalue weighted by atomic mass is 9.82. The number of hydrogen-bond acceptors (Lipinski definition) is 2. The Morgan fingerprint density at radius 1 is 0.575 bits per heavy atom. The van der Waals surface area contributed by atoms with Crippen LogP contribution >= 0.6 is 22.9 Å². The maximum atomic E-state index is 7.13. The Bertz CT molecular complexity index is 1820. The van der Waals surface area contributed by atoms with Crippen LogP contribution in [0.1, 0.15) is 25.0 Å². The van der Waals surface area contributed by atoms with Gasteiger partial charge in [0, 0.05) is 27.2 Å². The Hall–Kier alpha value is -4.11. The molecule has 0 bridgehead atoms. The molecule has 3 heteroatoms. The first-order valence-electron chi connectivity index (χ1n) is 13.6. The topological polar surface area (TPSA) is 3.24 Å². The van der Waals surface area contributed by atoms with Crippen LogP contribution in [0, 0.1) is 0 Å². The summed E-state index contributed by atoms with van der Waals surface area (Å²) in [6.07, 6.45) is 0. The fourth-order valence-electron chi connectivity index (χ4n) is 5.92. The summed E-state index contributed by atoms with van der Waals surface area (Å²) in [4.78, 5) is 3.58. The van der Waals surface area contributed by atoms with Gasteiger partial charge in [0.1, 0.15) is 5.00 Å². The molecule has 7 rings (SSSR count). The minimum atomic E-state index is -0.140. The van der Waals surface area contributed by atoms with E-state index in [9.17, 15) is 0 Å². The van der Waals surface area contributed by atoms with E-state index in [2.05, 4.69) is 152 Å². The van der Waals surface area contributed by atoms with Crippen molar-refractivity contribution in [1.82, 2.24) is 0 Å². The number of anilines is 3. The first kappa shape index (κ1) is 24.9. The van der Waals surface area contributed by atoms with E-state index in [4.69, 9.17) is 11.6 Å². The smallest absolute Gasteiger partial charge is 0.101 e. The summed E-state index contributed by atoms with van der Waals surface area (Å²) in [6, 6.07) is 47.5. The first-order chi connectivity index (χ1) is 19.5. The fourth-order valence-corrected chi connectivity index (χ4v) is 7.29. The van der Waals surface area contributed by atoms with Crippen LogP contribution in [-0.4, -0.2) is 0 Å². The predicted molar refractivity (Wildman–Crippen MR) is 172 cm³/mol. The molecule has 0 fully saturated rings. The van der Waals surface area contributed by atoms with Crippen LogP contribution in [-0.2, 0) is 5.41 Å². The lowest BCUT2D eigenvalue weighted by Gasteiger charge is -2.27. The summed E-state index contributed by atoms with van der Waals surface area (Å²) in [5.41, 5.74) is 10.6. The van der Waals surface area contributed by atoms with Crippen molar-refractivity contribution in [2.45, 2.75) is 19.3 Å². The molecule has 1 nitrogen and oxygen atoms in total. The van der Waals surface area contributed by atoms with Crippen molar-refractivity contribution in [3.05, 3.63) is 150 Å². The number of thiophene rings is 1. The van der Waals surface area contributed by atoms with Crippen molar-refractivity contribution in [3.8, 4) is 32.7 Å². The molecule has 6 aromatic rings. The van der Waals surface area contributed by atoms with Crippen LogP contribution in [0.15, 0.2) is 133 Å². The quantitative estimate of drug-likeness (QED) is 0.205. The van der Waals surface area contributed by atoms with E-state index in [0.717, 1.165) is 27.0 Å². The third-order valence-corrected chi connectivity index (χ3v) is 9.40. The number of halogens is 1. The summed E-state index contributed by atoms with van der Waals surface area (Å²) in [5, 5.41) is 1.94. The maximum Gasteiger partial charge on any atom is 0.101 e. The summed E-state index contributed by atoms with van der Waals surface area (Å²) >= 11 is 8.93. The van der Waals surface area contributed by atoms with Crippen molar-refractivity contribution >= 4 is 39.3 Å². The normalized spacial score (nSPS) is 13.1. The standard InChI is InChI=1S/C37H28ClNS/c1-37(2)31-16-10-9-15-30(31)36-32(37)23-29(24-33(36)38)39(35-22-21-34(40-35)27-13-7-4-8-14-27)28-19-17-26(18-20-28)25-11-5-3-6-12-25/h3-24H,1-2H3. The zero-order chi connectivity index (χ0) is 27.3. The molecule has 1 aromatic heterocycles.